The van der Waals surface area contributed by atoms with Crippen molar-refractivity contribution in [2.75, 3.05) is 11.9 Å². The molecule has 1 saturated heterocycles. The van der Waals surface area contributed by atoms with Crippen LogP contribution in [0.3, 0.4) is 0 Å². The third kappa shape index (κ3) is 4.12. The molecule has 10 heteroatoms. The Hall–Kier alpha value is -2.30. The number of hydrogen-bond acceptors (Lipinski definition) is 7. The molecule has 1 saturated carbocycles. The van der Waals surface area contributed by atoms with Crippen molar-refractivity contribution in [3.05, 3.63) is 16.7 Å². The summed E-state index contributed by atoms with van der Waals surface area (Å²) >= 11 is 0. The minimum Gasteiger partial charge on any atom is -0.362 e. The van der Waals surface area contributed by atoms with E-state index in [4.69, 9.17) is 14.2 Å². The molecule has 3 heterocycles. The summed E-state index contributed by atoms with van der Waals surface area (Å²) in [5, 5.41) is 2.63. The molecule has 1 aliphatic carbocycles. The largest absolute Gasteiger partial charge is 0.362 e. The lowest BCUT2D eigenvalue weighted by atomic mass is 10.2. The third-order valence-corrected chi connectivity index (χ3v) is 5.45. The number of nitrogens with zero attached hydrogens (tertiary/aromatic N) is 3. The van der Waals surface area contributed by atoms with Gasteiger partial charge in [-0.3, -0.25) is 24.5 Å². The number of nitrogens with one attached hydrogen (secondary N) is 2. The van der Waals surface area contributed by atoms with E-state index < -0.39 is 18.1 Å². The number of carbonyl (C=O) groups excluding carboxylic acids is 1. The first-order valence-electron chi connectivity index (χ1n) is 10.5. The van der Waals surface area contributed by atoms with E-state index in [1.54, 1.807) is 18.4 Å². The summed E-state index contributed by atoms with van der Waals surface area (Å²) in [6, 6.07) is 0. The van der Waals surface area contributed by atoms with Crippen LogP contribution in [0.2, 0.25) is 0 Å². The van der Waals surface area contributed by atoms with E-state index in [2.05, 4.69) is 34.1 Å². The summed E-state index contributed by atoms with van der Waals surface area (Å²) < 4.78 is 19.8. The van der Waals surface area contributed by atoms with E-state index in [1.807, 2.05) is 0 Å². The number of aromatic amines is 1. The Morgan fingerprint density at radius 1 is 1.47 bits per heavy atom. The van der Waals surface area contributed by atoms with E-state index >= 15 is 0 Å². The summed E-state index contributed by atoms with van der Waals surface area (Å²) in [7, 11) is 0. The second kappa shape index (κ2) is 8.09. The van der Waals surface area contributed by atoms with Gasteiger partial charge in [0.25, 0.3) is 5.56 Å². The first-order chi connectivity index (χ1) is 14.3. The molecule has 1 aliphatic heterocycles. The number of H-pyrrole nitrogens is 1. The summed E-state index contributed by atoms with van der Waals surface area (Å²) in [5.74, 6) is -0.408. The Bertz CT molecular complexity index is 980. The SMILES string of the molecule is CCCCOC1O[C@@H](n2cnc3c(=O)[nH]c(NC(=O)C(C)C)nc32)[C@H]1OC1(C)CC1. The topological polar surface area (TPSA) is 120 Å². The fourth-order valence-corrected chi connectivity index (χ4v) is 3.21. The maximum absolute atomic E-state index is 12.4. The number of amides is 1. The lowest BCUT2D eigenvalue weighted by Crippen LogP contribution is -2.54. The Kier molecular flexibility index (Phi) is 5.65. The van der Waals surface area contributed by atoms with E-state index in [9.17, 15) is 9.59 Å². The van der Waals surface area contributed by atoms with Crippen molar-refractivity contribution in [3.63, 3.8) is 0 Å². The Morgan fingerprint density at radius 3 is 2.90 bits per heavy atom. The zero-order valence-electron chi connectivity index (χ0n) is 17.8. The number of unbranched alkanes of at least 4 members (excludes halogenated alkanes) is 1. The molecule has 2 N–H and O–H groups in total. The number of imidazole rings is 1. The molecule has 2 aliphatic rings. The summed E-state index contributed by atoms with van der Waals surface area (Å²) in [6.45, 7) is 8.29. The minimum absolute atomic E-state index is 0.0784. The van der Waals surface area contributed by atoms with Crippen molar-refractivity contribution in [1.82, 2.24) is 19.5 Å². The van der Waals surface area contributed by atoms with Crippen molar-refractivity contribution < 1.29 is 19.0 Å². The summed E-state index contributed by atoms with van der Waals surface area (Å²) in [4.78, 5) is 35.6. The molecule has 164 valence electrons. The number of carbonyl (C=O) groups is 1. The molecule has 1 amide bonds. The highest BCUT2D eigenvalue weighted by atomic mass is 16.7. The molecule has 1 unspecified atom stereocenters. The summed E-state index contributed by atoms with van der Waals surface area (Å²) in [5.41, 5.74) is -0.103. The monoisotopic (exact) mass is 419 g/mol. The van der Waals surface area contributed by atoms with Crippen LogP contribution in [0.15, 0.2) is 11.1 Å². The molecule has 0 spiro atoms. The van der Waals surface area contributed by atoms with Crippen LogP contribution in [0.1, 0.15) is 59.6 Å². The van der Waals surface area contributed by atoms with Gasteiger partial charge in [-0.25, -0.2) is 4.98 Å². The molecule has 2 aromatic rings. The number of hydrogen-bond donors (Lipinski definition) is 2. The molecule has 4 rings (SSSR count). The first kappa shape index (κ1) is 21.0. The summed E-state index contributed by atoms with van der Waals surface area (Å²) in [6.07, 6.45) is 4.15. The normalized spacial score (nSPS) is 24.8. The van der Waals surface area contributed by atoms with Crippen LogP contribution in [-0.2, 0) is 19.0 Å². The van der Waals surface area contributed by atoms with Crippen molar-refractivity contribution in [2.45, 2.75) is 77.6 Å². The zero-order chi connectivity index (χ0) is 21.5. The second-order valence-electron chi connectivity index (χ2n) is 8.53. The van der Waals surface area contributed by atoms with Crippen molar-refractivity contribution >= 4 is 23.0 Å². The van der Waals surface area contributed by atoms with Crippen LogP contribution < -0.4 is 10.9 Å². The van der Waals surface area contributed by atoms with Crippen molar-refractivity contribution in [3.8, 4) is 0 Å². The number of fused-ring (bicyclic) bond motifs is 1. The maximum atomic E-state index is 12.4. The molecule has 0 radical (unpaired) electrons. The lowest BCUT2D eigenvalue weighted by Gasteiger charge is -2.45. The van der Waals surface area contributed by atoms with Gasteiger partial charge in [0.05, 0.1) is 11.9 Å². The second-order valence-corrected chi connectivity index (χ2v) is 8.53. The van der Waals surface area contributed by atoms with Gasteiger partial charge in [-0.2, -0.15) is 4.98 Å². The van der Waals surface area contributed by atoms with Gasteiger partial charge in [0.15, 0.2) is 29.8 Å². The highest BCUT2D eigenvalue weighted by molar-refractivity contribution is 5.91. The minimum atomic E-state index is -0.512. The Morgan fingerprint density at radius 2 is 2.23 bits per heavy atom. The molecular weight excluding hydrogens is 390 g/mol. The van der Waals surface area contributed by atoms with E-state index in [0.29, 0.717) is 12.3 Å². The third-order valence-electron chi connectivity index (χ3n) is 5.45. The van der Waals surface area contributed by atoms with Crippen LogP contribution in [0.4, 0.5) is 5.95 Å². The highest BCUT2D eigenvalue weighted by Gasteiger charge is 2.52. The fourth-order valence-electron chi connectivity index (χ4n) is 3.21. The van der Waals surface area contributed by atoms with Crippen LogP contribution in [0, 0.1) is 5.92 Å². The fraction of sp³-hybridized carbons (Fsp3) is 0.700. The highest BCUT2D eigenvalue weighted by Crippen LogP contribution is 2.46. The first-order valence-corrected chi connectivity index (χ1v) is 10.5. The van der Waals surface area contributed by atoms with Gasteiger partial charge in [-0.15, -0.1) is 0 Å². The number of aromatic nitrogens is 4. The Labute approximate surface area is 174 Å². The smallest absolute Gasteiger partial charge is 0.280 e. The van der Waals surface area contributed by atoms with Gasteiger partial charge in [-0.05, 0) is 26.2 Å². The number of ether oxygens (including phenoxy) is 3. The van der Waals surface area contributed by atoms with Crippen molar-refractivity contribution in [2.24, 2.45) is 5.92 Å². The molecule has 2 fully saturated rings. The molecule has 0 bridgehead atoms. The standard InChI is InChI=1S/C20H29N5O5/c1-5-6-9-28-18-13(30-20(4)7-8-20)17(29-18)25-10-21-12-14(25)22-19(24-16(12)27)23-15(26)11(2)3/h10-11,13,17-18H,5-9H2,1-4H3,(H2,22,23,24,26,27)/t13-,17-,18?/m1/s1. The van der Waals surface area contributed by atoms with Gasteiger partial charge in [0.2, 0.25) is 11.9 Å². The van der Waals surface area contributed by atoms with Gasteiger partial charge >= 0.3 is 0 Å². The van der Waals surface area contributed by atoms with E-state index in [0.717, 1.165) is 25.7 Å². The molecule has 0 aromatic carbocycles. The van der Waals surface area contributed by atoms with Gasteiger partial charge in [0, 0.05) is 12.5 Å². The maximum Gasteiger partial charge on any atom is 0.280 e. The molecule has 2 aromatic heterocycles. The number of anilines is 1. The quantitative estimate of drug-likeness (QED) is 0.599. The molecule has 3 atom stereocenters. The van der Waals surface area contributed by atoms with Crippen LogP contribution in [0.25, 0.3) is 11.2 Å². The van der Waals surface area contributed by atoms with Crippen LogP contribution >= 0.6 is 0 Å². The van der Waals surface area contributed by atoms with Crippen LogP contribution in [-0.4, -0.2) is 50.0 Å². The van der Waals surface area contributed by atoms with Gasteiger partial charge < -0.3 is 14.2 Å². The zero-order valence-corrected chi connectivity index (χ0v) is 17.8. The Balaban J connectivity index is 1.60. The lowest BCUT2D eigenvalue weighted by molar-refractivity contribution is -0.367. The van der Waals surface area contributed by atoms with Gasteiger partial charge in [0.1, 0.15) is 0 Å². The predicted octanol–water partition coefficient (Wildman–Crippen LogP) is 2.32. The van der Waals surface area contributed by atoms with Gasteiger partial charge in [-0.1, -0.05) is 27.2 Å². The molecular formula is C20H29N5O5. The molecule has 10 nitrogen and oxygen atoms in total. The average Bonchev–Trinajstić information content (AvgIpc) is 3.28. The van der Waals surface area contributed by atoms with E-state index in [-0.39, 0.29) is 35.0 Å². The predicted molar refractivity (Wildman–Crippen MR) is 109 cm³/mol. The average molecular weight is 419 g/mol. The van der Waals surface area contributed by atoms with Crippen molar-refractivity contribution in [1.29, 1.82) is 0 Å². The van der Waals surface area contributed by atoms with Crippen LogP contribution in [0.5, 0.6) is 0 Å². The molecule has 30 heavy (non-hydrogen) atoms. The van der Waals surface area contributed by atoms with E-state index in [1.165, 1.54) is 6.33 Å². The number of rotatable bonds is 9.